The summed E-state index contributed by atoms with van der Waals surface area (Å²) < 4.78 is 58.5. The molecule has 1 amide bonds. The van der Waals surface area contributed by atoms with E-state index in [1.807, 2.05) is 0 Å². The van der Waals surface area contributed by atoms with Gasteiger partial charge in [-0.2, -0.15) is 13.2 Å². The quantitative estimate of drug-likeness (QED) is 0.427. The number of hydrogen-bond acceptors (Lipinski definition) is 2. The van der Waals surface area contributed by atoms with Gasteiger partial charge in [0.15, 0.2) is 0 Å². The van der Waals surface area contributed by atoms with Gasteiger partial charge in [0.1, 0.15) is 5.82 Å². The van der Waals surface area contributed by atoms with Gasteiger partial charge in [-0.05, 0) is 50.7 Å². The number of nitrogens with one attached hydrogen (secondary N) is 1. The van der Waals surface area contributed by atoms with E-state index in [-0.39, 0.29) is 58.4 Å². The zero-order valence-corrected chi connectivity index (χ0v) is 20.1. The van der Waals surface area contributed by atoms with Crippen molar-refractivity contribution in [2.75, 3.05) is 11.4 Å². The summed E-state index contributed by atoms with van der Waals surface area (Å²) in [4.78, 5) is 13.4. The number of anilines is 1. The molecular formula is C23H23Cl3F4N2O. The monoisotopic (exact) mass is 524 g/mol. The Morgan fingerprint density at radius 2 is 1.94 bits per heavy atom. The van der Waals surface area contributed by atoms with Crippen LogP contribution in [0.1, 0.15) is 38.2 Å². The molecule has 2 aliphatic carbocycles. The molecule has 3 atom stereocenters. The molecular weight excluding hydrogens is 503 g/mol. The van der Waals surface area contributed by atoms with Crippen LogP contribution in [0.4, 0.5) is 23.2 Å². The normalized spacial score (nSPS) is 28.2. The minimum Gasteiger partial charge on any atom is -0.368 e. The highest BCUT2D eigenvalue weighted by atomic mass is 35.5. The fourth-order valence-electron chi connectivity index (χ4n) is 5.01. The van der Waals surface area contributed by atoms with Crippen molar-refractivity contribution in [3.8, 4) is 0 Å². The second kappa shape index (κ2) is 8.97. The Labute approximate surface area is 204 Å². The molecule has 0 aromatic heterocycles. The fourth-order valence-corrected chi connectivity index (χ4v) is 5.73. The minimum absolute atomic E-state index is 0.00819. The second-order valence-electron chi connectivity index (χ2n) is 8.97. The summed E-state index contributed by atoms with van der Waals surface area (Å²) in [6, 6.07) is 3.34. The van der Waals surface area contributed by atoms with Gasteiger partial charge < -0.3 is 10.2 Å². The molecule has 4 rings (SSSR count). The summed E-state index contributed by atoms with van der Waals surface area (Å²) in [7, 11) is 0. The molecule has 2 fully saturated rings. The number of halogens is 7. The molecule has 10 heteroatoms. The van der Waals surface area contributed by atoms with Crippen molar-refractivity contribution in [3.63, 3.8) is 0 Å². The third-order valence-corrected chi connectivity index (χ3v) is 8.42. The third kappa shape index (κ3) is 4.48. The molecule has 1 aromatic rings. The molecule has 1 saturated carbocycles. The Morgan fingerprint density at radius 3 is 2.52 bits per heavy atom. The molecule has 3 nitrogen and oxygen atoms in total. The largest absolute Gasteiger partial charge is 0.397 e. The van der Waals surface area contributed by atoms with Gasteiger partial charge in [-0.3, -0.25) is 4.79 Å². The summed E-state index contributed by atoms with van der Waals surface area (Å²) in [5, 5.41) is 2.88. The van der Waals surface area contributed by atoms with E-state index in [4.69, 9.17) is 34.8 Å². The average molecular weight is 526 g/mol. The highest BCUT2D eigenvalue weighted by Crippen LogP contribution is 2.59. The molecule has 0 radical (unpaired) electrons. The Balaban J connectivity index is 1.58. The van der Waals surface area contributed by atoms with Crippen LogP contribution in [0.3, 0.4) is 0 Å². The maximum absolute atomic E-state index is 14.8. The maximum Gasteiger partial charge on any atom is 0.397 e. The predicted octanol–water partition coefficient (Wildman–Crippen LogP) is 6.83. The van der Waals surface area contributed by atoms with E-state index in [1.54, 1.807) is 11.0 Å². The number of amides is 1. The average Bonchev–Trinajstić information content (AvgIpc) is 3.52. The Morgan fingerprint density at radius 1 is 1.24 bits per heavy atom. The van der Waals surface area contributed by atoms with Crippen molar-refractivity contribution >= 4 is 46.4 Å². The number of carbonyl (C=O) groups is 1. The number of carbonyl (C=O) groups excluding carboxylic acids is 1. The van der Waals surface area contributed by atoms with Crippen molar-refractivity contribution in [2.45, 2.75) is 51.4 Å². The van der Waals surface area contributed by atoms with Gasteiger partial charge in [0.2, 0.25) is 5.91 Å². The first kappa shape index (κ1) is 24.7. The van der Waals surface area contributed by atoms with Gasteiger partial charge in [0, 0.05) is 41.3 Å². The van der Waals surface area contributed by atoms with Crippen LogP contribution in [-0.4, -0.2) is 24.7 Å². The number of hydrogen-bond donors (Lipinski definition) is 1. The highest BCUT2D eigenvalue weighted by Gasteiger charge is 2.65. The lowest BCUT2D eigenvalue weighted by atomic mass is 9.67. The van der Waals surface area contributed by atoms with Crippen molar-refractivity contribution in [3.05, 3.63) is 50.8 Å². The first-order valence-electron chi connectivity index (χ1n) is 10.8. The lowest BCUT2D eigenvalue weighted by Crippen LogP contribution is -2.52. The minimum atomic E-state index is -4.55. The van der Waals surface area contributed by atoms with Crippen LogP contribution in [0.25, 0.3) is 0 Å². The summed E-state index contributed by atoms with van der Waals surface area (Å²) in [5.41, 5.74) is -1.48. The zero-order valence-electron chi connectivity index (χ0n) is 17.8. The zero-order chi connectivity index (χ0) is 24.1. The molecule has 1 unspecified atom stereocenters. The smallest absolute Gasteiger partial charge is 0.368 e. The Hall–Kier alpha value is -1.44. The first-order chi connectivity index (χ1) is 15.5. The SMILES string of the molecule is C[C@@H]1N(c2ccc(CNC(=O)C3CC3)c(F)c2)CC[C@@]1(C1C=C(Cl)C(Cl)=C(Cl)C1)C(F)(F)F. The van der Waals surface area contributed by atoms with Gasteiger partial charge in [-0.1, -0.05) is 46.9 Å². The topological polar surface area (TPSA) is 32.3 Å². The number of rotatable bonds is 5. The lowest BCUT2D eigenvalue weighted by Gasteiger charge is -2.43. The van der Waals surface area contributed by atoms with Gasteiger partial charge in [0.05, 0.1) is 15.5 Å². The van der Waals surface area contributed by atoms with E-state index in [0.29, 0.717) is 5.69 Å². The molecule has 1 heterocycles. The van der Waals surface area contributed by atoms with Crippen LogP contribution in [0.5, 0.6) is 0 Å². The van der Waals surface area contributed by atoms with Crippen LogP contribution in [0.2, 0.25) is 0 Å². The van der Waals surface area contributed by atoms with Gasteiger partial charge in [-0.15, -0.1) is 0 Å². The second-order valence-corrected chi connectivity index (χ2v) is 10.2. The fraction of sp³-hybridized carbons (Fsp3) is 0.522. The molecule has 0 bridgehead atoms. The van der Waals surface area contributed by atoms with Crippen LogP contribution in [0, 0.1) is 23.1 Å². The number of benzene rings is 1. The van der Waals surface area contributed by atoms with E-state index in [9.17, 15) is 22.4 Å². The maximum atomic E-state index is 14.8. The number of allylic oxidation sites excluding steroid dienone is 4. The standard InChI is InChI=1S/C23H23Cl3F4N2O/c1-12-22(23(28,29)30,15-8-17(24)20(26)18(25)9-15)6-7-32(12)16-5-4-14(19(27)10-16)11-31-21(33)13-2-3-13/h4-5,8,10,12-13,15H,2-3,6-7,9,11H2,1H3,(H,31,33)/t12-,15?,22+/m0/s1. The molecule has 1 aliphatic heterocycles. The van der Waals surface area contributed by atoms with E-state index in [2.05, 4.69) is 5.32 Å². The molecule has 1 N–H and O–H groups in total. The van der Waals surface area contributed by atoms with Crippen molar-refractivity contribution in [2.24, 2.45) is 17.3 Å². The van der Waals surface area contributed by atoms with Crippen molar-refractivity contribution in [1.82, 2.24) is 5.32 Å². The lowest BCUT2D eigenvalue weighted by molar-refractivity contribution is -0.238. The molecule has 1 saturated heterocycles. The third-order valence-electron chi connectivity index (χ3n) is 7.13. The van der Waals surface area contributed by atoms with Crippen LogP contribution in [-0.2, 0) is 11.3 Å². The van der Waals surface area contributed by atoms with Crippen LogP contribution in [0.15, 0.2) is 39.4 Å². The van der Waals surface area contributed by atoms with Gasteiger partial charge in [0.25, 0.3) is 0 Å². The summed E-state index contributed by atoms with van der Waals surface area (Å²) in [6.45, 7) is 1.63. The van der Waals surface area contributed by atoms with Crippen LogP contribution < -0.4 is 10.2 Å². The summed E-state index contributed by atoms with van der Waals surface area (Å²) in [6.07, 6.45) is -1.78. The molecule has 3 aliphatic rings. The Kier molecular flexibility index (Phi) is 6.71. The van der Waals surface area contributed by atoms with E-state index >= 15 is 0 Å². The van der Waals surface area contributed by atoms with E-state index < -0.39 is 29.4 Å². The van der Waals surface area contributed by atoms with E-state index in [0.717, 1.165) is 12.8 Å². The Bertz CT molecular complexity index is 1020. The first-order valence-corrected chi connectivity index (χ1v) is 11.9. The molecule has 1 aromatic carbocycles. The van der Waals surface area contributed by atoms with Crippen molar-refractivity contribution in [1.29, 1.82) is 0 Å². The predicted molar refractivity (Wildman–Crippen MR) is 122 cm³/mol. The van der Waals surface area contributed by atoms with Gasteiger partial charge >= 0.3 is 6.18 Å². The van der Waals surface area contributed by atoms with Crippen molar-refractivity contribution < 1.29 is 22.4 Å². The van der Waals surface area contributed by atoms with E-state index in [1.165, 1.54) is 25.1 Å². The molecule has 0 spiro atoms. The highest BCUT2D eigenvalue weighted by molar-refractivity contribution is 6.48. The van der Waals surface area contributed by atoms with Crippen LogP contribution >= 0.6 is 34.8 Å². The molecule has 33 heavy (non-hydrogen) atoms. The number of nitrogens with zero attached hydrogens (tertiary/aromatic N) is 1. The summed E-state index contributed by atoms with van der Waals surface area (Å²) in [5.74, 6) is -1.66. The number of alkyl halides is 3. The molecule has 180 valence electrons. The van der Waals surface area contributed by atoms with Gasteiger partial charge in [-0.25, -0.2) is 4.39 Å². The summed E-state index contributed by atoms with van der Waals surface area (Å²) >= 11 is 18.2.